The molecule has 0 amide bonds. The van der Waals surface area contributed by atoms with E-state index >= 15 is 0 Å². The molecule has 0 aromatic heterocycles. The number of hydrogen-bond acceptors (Lipinski definition) is 6. The number of rotatable bonds is 2. The Morgan fingerprint density at radius 1 is 1.10 bits per heavy atom. The second-order valence-electron chi connectivity index (χ2n) is 10.1. The Morgan fingerprint density at radius 2 is 1.93 bits per heavy atom. The van der Waals surface area contributed by atoms with Crippen molar-refractivity contribution in [1.82, 2.24) is 4.90 Å². The van der Waals surface area contributed by atoms with Crippen molar-refractivity contribution in [3.05, 3.63) is 23.3 Å². The first-order valence-corrected chi connectivity index (χ1v) is 11.3. The fraction of sp³-hybridized carbons (Fsp3) is 0.739. The van der Waals surface area contributed by atoms with Crippen LogP contribution in [0.1, 0.15) is 49.7 Å². The van der Waals surface area contributed by atoms with Crippen LogP contribution in [0.2, 0.25) is 0 Å². The average Bonchev–Trinajstić information content (AvgIpc) is 3.28. The predicted molar refractivity (Wildman–Crippen MR) is 104 cm³/mol. The summed E-state index contributed by atoms with van der Waals surface area (Å²) in [6, 6.07) is 3.88. The molecule has 6 aliphatic rings. The monoisotopic (exact) mass is 399 g/mol. The van der Waals surface area contributed by atoms with Crippen molar-refractivity contribution in [2.24, 2.45) is 5.92 Å². The Labute approximate surface area is 170 Å². The number of aliphatic hydroxyl groups is 1. The van der Waals surface area contributed by atoms with Crippen LogP contribution in [0.25, 0.3) is 0 Å². The third-order valence-corrected chi connectivity index (χ3v) is 9.07. The lowest BCUT2D eigenvalue weighted by Gasteiger charge is -2.65. The van der Waals surface area contributed by atoms with Crippen molar-refractivity contribution in [1.29, 1.82) is 0 Å². The van der Waals surface area contributed by atoms with Crippen molar-refractivity contribution in [2.45, 2.75) is 73.9 Å². The van der Waals surface area contributed by atoms with Crippen molar-refractivity contribution < 1.29 is 24.4 Å². The summed E-state index contributed by atoms with van der Waals surface area (Å²) >= 11 is 0. The largest absolute Gasteiger partial charge is 0.504 e. The van der Waals surface area contributed by atoms with E-state index in [9.17, 15) is 10.2 Å². The van der Waals surface area contributed by atoms with Gasteiger partial charge in [0.15, 0.2) is 17.6 Å². The van der Waals surface area contributed by atoms with Gasteiger partial charge in [0.1, 0.15) is 0 Å². The summed E-state index contributed by atoms with van der Waals surface area (Å²) in [6.45, 7) is 3.16. The molecule has 2 saturated heterocycles. The smallest absolute Gasteiger partial charge is 0.207 e. The third-order valence-electron chi connectivity index (χ3n) is 9.07. The highest BCUT2D eigenvalue weighted by atomic mass is 16.8. The Hall–Kier alpha value is -1.34. The highest BCUT2D eigenvalue weighted by Gasteiger charge is 2.77. The molecule has 29 heavy (non-hydrogen) atoms. The number of likely N-dealkylation sites (tertiary alicyclic amines) is 1. The minimum atomic E-state index is -0.883. The average molecular weight is 399 g/mol. The van der Waals surface area contributed by atoms with Gasteiger partial charge in [-0.25, -0.2) is 0 Å². The van der Waals surface area contributed by atoms with Crippen LogP contribution >= 0.6 is 0 Å². The molecular formula is C23H29NO5. The normalized spacial score (nSPS) is 41.8. The zero-order valence-corrected chi connectivity index (χ0v) is 16.7. The molecule has 0 radical (unpaired) electrons. The van der Waals surface area contributed by atoms with E-state index in [0.717, 1.165) is 37.4 Å². The molecule has 2 saturated carbocycles. The number of nitrogens with zero attached hydrogens (tertiary/aromatic N) is 1. The number of phenols is 1. The third kappa shape index (κ3) is 1.89. The molecule has 1 aromatic carbocycles. The van der Waals surface area contributed by atoms with Crippen LogP contribution in [0, 0.1) is 5.92 Å². The van der Waals surface area contributed by atoms with Crippen LogP contribution in [-0.2, 0) is 21.3 Å². The highest BCUT2D eigenvalue weighted by molar-refractivity contribution is 5.62. The molecule has 2 N–H and O–H groups in total. The Balaban J connectivity index is 1.41. The number of hydrogen-bond donors (Lipinski definition) is 2. The van der Waals surface area contributed by atoms with Gasteiger partial charge in [-0.2, -0.15) is 0 Å². The van der Waals surface area contributed by atoms with Crippen LogP contribution in [0.3, 0.4) is 0 Å². The van der Waals surface area contributed by atoms with Gasteiger partial charge in [0.25, 0.3) is 0 Å². The van der Waals surface area contributed by atoms with E-state index < -0.39 is 22.9 Å². The van der Waals surface area contributed by atoms with E-state index in [-0.39, 0.29) is 11.8 Å². The quantitative estimate of drug-likeness (QED) is 0.794. The van der Waals surface area contributed by atoms with Gasteiger partial charge in [0, 0.05) is 24.6 Å². The topological polar surface area (TPSA) is 71.4 Å². The summed E-state index contributed by atoms with van der Waals surface area (Å²) in [4.78, 5) is 2.56. The molecule has 1 aromatic rings. The first-order chi connectivity index (χ1) is 14.1. The molecule has 156 valence electrons. The number of piperidine rings is 1. The zero-order valence-electron chi connectivity index (χ0n) is 16.7. The van der Waals surface area contributed by atoms with Crippen LogP contribution in [0.4, 0.5) is 0 Å². The van der Waals surface area contributed by atoms with E-state index in [4.69, 9.17) is 14.2 Å². The van der Waals surface area contributed by atoms with Gasteiger partial charge in [-0.1, -0.05) is 12.5 Å². The highest BCUT2D eigenvalue weighted by Crippen LogP contribution is 2.68. The predicted octanol–water partition coefficient (Wildman–Crippen LogP) is 2.09. The van der Waals surface area contributed by atoms with Gasteiger partial charge in [-0.15, -0.1) is 0 Å². The minimum Gasteiger partial charge on any atom is -0.504 e. The maximum atomic E-state index is 12.4. The molecule has 3 aliphatic carbocycles. The summed E-state index contributed by atoms with van der Waals surface area (Å²) in [5.74, 6) is 0.680. The van der Waals surface area contributed by atoms with Crippen LogP contribution < -0.4 is 4.74 Å². The lowest BCUT2D eigenvalue weighted by Crippen LogP contribution is -2.79. The van der Waals surface area contributed by atoms with Crippen molar-refractivity contribution in [3.63, 3.8) is 0 Å². The molecule has 3 heterocycles. The number of aromatic hydroxyl groups is 1. The lowest BCUT2D eigenvalue weighted by molar-refractivity contribution is -0.297. The van der Waals surface area contributed by atoms with Gasteiger partial charge in [0.2, 0.25) is 5.79 Å². The summed E-state index contributed by atoms with van der Waals surface area (Å²) in [6.07, 6.45) is 6.48. The summed E-state index contributed by atoms with van der Waals surface area (Å²) in [5, 5.41) is 23.0. The van der Waals surface area contributed by atoms with E-state index in [0.29, 0.717) is 31.8 Å². The molecule has 2 unspecified atom stereocenters. The number of phenolic OH excluding ortho intramolecular Hbond substituents is 1. The Morgan fingerprint density at radius 3 is 2.69 bits per heavy atom. The SMILES string of the molecule is Oc1ccc2c3c1OC1C4(CCC5(O)[C@@H](C2)N(CC2CCC2)CC[C@]315)OCCO4. The van der Waals surface area contributed by atoms with Crippen LogP contribution in [0.15, 0.2) is 12.1 Å². The molecule has 2 bridgehead atoms. The molecule has 6 nitrogen and oxygen atoms in total. The van der Waals surface area contributed by atoms with Gasteiger partial charge in [-0.05, 0) is 56.2 Å². The van der Waals surface area contributed by atoms with E-state index in [1.165, 1.54) is 24.8 Å². The first-order valence-electron chi connectivity index (χ1n) is 11.3. The van der Waals surface area contributed by atoms with Crippen LogP contribution in [-0.4, -0.2) is 65.0 Å². The van der Waals surface area contributed by atoms with Gasteiger partial charge >= 0.3 is 0 Å². The van der Waals surface area contributed by atoms with E-state index in [1.807, 2.05) is 6.07 Å². The summed E-state index contributed by atoms with van der Waals surface area (Å²) < 4.78 is 18.8. The fourth-order valence-electron chi connectivity index (χ4n) is 7.58. The molecule has 7 rings (SSSR count). The Kier molecular flexibility index (Phi) is 3.27. The molecule has 4 atom stereocenters. The lowest BCUT2D eigenvalue weighted by atomic mass is 9.48. The minimum absolute atomic E-state index is 0.0877. The van der Waals surface area contributed by atoms with Gasteiger partial charge in [0.05, 0.1) is 24.2 Å². The standard InChI is InChI=1S/C23H29NO5/c25-16-5-4-15-12-17-22(26)6-7-23(27-10-11-28-23)20-21(22,18(15)19(16)29-20)8-9-24(17)13-14-2-1-3-14/h4-5,14,17,20,25-26H,1-3,6-13H2/t17-,20?,21+,22?/m1/s1. The first kappa shape index (κ1) is 17.4. The second-order valence-corrected chi connectivity index (χ2v) is 10.1. The molecule has 3 aliphatic heterocycles. The van der Waals surface area contributed by atoms with Crippen LogP contribution in [0.5, 0.6) is 11.5 Å². The fourth-order valence-corrected chi connectivity index (χ4v) is 7.58. The van der Waals surface area contributed by atoms with Crippen molar-refractivity contribution in [2.75, 3.05) is 26.3 Å². The van der Waals surface area contributed by atoms with Gasteiger partial charge in [-0.3, -0.25) is 4.90 Å². The maximum absolute atomic E-state index is 12.4. The van der Waals surface area contributed by atoms with Gasteiger partial charge < -0.3 is 24.4 Å². The molecular weight excluding hydrogens is 370 g/mol. The van der Waals surface area contributed by atoms with Crippen molar-refractivity contribution in [3.8, 4) is 11.5 Å². The zero-order chi connectivity index (χ0) is 19.4. The second kappa shape index (κ2) is 5.47. The van der Waals surface area contributed by atoms with E-state index in [2.05, 4.69) is 4.90 Å². The van der Waals surface area contributed by atoms with E-state index in [1.54, 1.807) is 6.07 Å². The summed E-state index contributed by atoms with van der Waals surface area (Å²) in [5.41, 5.74) is 0.788. The summed E-state index contributed by atoms with van der Waals surface area (Å²) in [7, 11) is 0. The molecule has 2 spiro atoms. The maximum Gasteiger partial charge on any atom is 0.207 e. The molecule has 6 heteroatoms. The molecule has 4 fully saturated rings. The number of ether oxygens (including phenoxy) is 3. The number of benzene rings is 1. The Bertz CT molecular complexity index is 878. The van der Waals surface area contributed by atoms with Crippen molar-refractivity contribution >= 4 is 0 Å². The number of fused-ring (bicyclic) bond motifs is 1.